The number of aromatic nitrogens is 1. The molecule has 0 saturated carbocycles. The summed E-state index contributed by atoms with van der Waals surface area (Å²) in [5, 5.41) is 4.92. The number of benzene rings is 2. The number of halogens is 1. The van der Waals surface area contributed by atoms with Crippen LogP contribution < -0.4 is 5.32 Å². The quantitative estimate of drug-likeness (QED) is 0.590. The number of hydrogen-bond acceptors (Lipinski definition) is 3. The molecule has 3 aromatic rings. The largest absolute Gasteiger partial charge is 0.356 e. The zero-order valence-electron chi connectivity index (χ0n) is 14.9. The lowest BCUT2D eigenvalue weighted by Crippen LogP contribution is -2.36. The number of rotatable bonds is 5. The van der Waals surface area contributed by atoms with Crippen LogP contribution in [-0.4, -0.2) is 17.4 Å². The fourth-order valence-electron chi connectivity index (χ4n) is 3.54. The summed E-state index contributed by atoms with van der Waals surface area (Å²) in [6, 6.07) is 15.9. The highest BCUT2D eigenvalue weighted by molar-refractivity contribution is 7.18. The summed E-state index contributed by atoms with van der Waals surface area (Å²) in [7, 11) is 0. The molecule has 27 heavy (non-hydrogen) atoms. The maximum Gasteiger partial charge on any atom is 0.224 e. The van der Waals surface area contributed by atoms with Gasteiger partial charge in [-0.3, -0.25) is 4.79 Å². The molecule has 1 N–H and O–H groups in total. The average molecular weight is 397 g/mol. The van der Waals surface area contributed by atoms with Crippen LogP contribution in [0.5, 0.6) is 0 Å². The van der Waals surface area contributed by atoms with Crippen molar-refractivity contribution >= 4 is 39.1 Å². The Hall–Kier alpha value is -2.17. The summed E-state index contributed by atoms with van der Waals surface area (Å²) in [6.45, 7) is 0.632. The number of para-hydroxylation sites is 1. The normalized spacial score (nSPS) is 19.3. The lowest BCUT2D eigenvalue weighted by atomic mass is 9.82. The molecule has 1 aliphatic carbocycles. The number of allylic oxidation sites excluding steroid dienone is 2. The second kappa shape index (κ2) is 8.24. The van der Waals surface area contributed by atoms with Gasteiger partial charge in [0.05, 0.1) is 21.1 Å². The summed E-state index contributed by atoms with van der Waals surface area (Å²) in [5.41, 5.74) is 2.19. The molecular formula is C22H21ClN2OS. The van der Waals surface area contributed by atoms with E-state index in [9.17, 15) is 4.79 Å². The van der Waals surface area contributed by atoms with Gasteiger partial charge in [0.25, 0.3) is 0 Å². The van der Waals surface area contributed by atoms with Crippen LogP contribution >= 0.6 is 22.9 Å². The van der Waals surface area contributed by atoms with Crippen LogP contribution in [0, 0.1) is 5.92 Å². The number of carbonyl (C=O) groups is 1. The molecule has 1 aliphatic rings. The molecule has 0 aliphatic heterocycles. The standard InChI is InChI=1S/C22H21ClN2OS/c23-16-11-9-15(10-12-16)13-14-24-21(26)17-5-1-2-6-18(17)22-25-19-7-3-4-8-20(19)27-22/h1-4,7-12,17-18H,5-6,13-14H2,(H,24,26). The minimum Gasteiger partial charge on any atom is -0.356 e. The lowest BCUT2D eigenvalue weighted by Gasteiger charge is -2.26. The highest BCUT2D eigenvalue weighted by Crippen LogP contribution is 2.38. The number of nitrogens with zero attached hydrogens (tertiary/aromatic N) is 1. The van der Waals surface area contributed by atoms with Gasteiger partial charge in [-0.05, 0) is 49.1 Å². The van der Waals surface area contributed by atoms with E-state index in [1.807, 2.05) is 42.5 Å². The predicted molar refractivity (Wildman–Crippen MR) is 112 cm³/mol. The zero-order valence-corrected chi connectivity index (χ0v) is 16.5. The Balaban J connectivity index is 1.43. The molecular weight excluding hydrogens is 376 g/mol. The minimum atomic E-state index is -0.0548. The molecule has 3 nitrogen and oxygen atoms in total. The lowest BCUT2D eigenvalue weighted by molar-refractivity contribution is -0.125. The van der Waals surface area contributed by atoms with Crippen LogP contribution in [-0.2, 0) is 11.2 Å². The van der Waals surface area contributed by atoms with Gasteiger partial charge in [-0.25, -0.2) is 4.98 Å². The molecule has 138 valence electrons. The molecule has 2 aromatic carbocycles. The van der Waals surface area contributed by atoms with E-state index < -0.39 is 0 Å². The Bertz CT molecular complexity index is 931. The van der Waals surface area contributed by atoms with Gasteiger partial charge in [-0.15, -0.1) is 11.3 Å². The Morgan fingerprint density at radius 2 is 1.89 bits per heavy atom. The topological polar surface area (TPSA) is 42.0 Å². The molecule has 5 heteroatoms. The SMILES string of the molecule is O=C(NCCc1ccc(Cl)cc1)C1CC=CCC1c1nc2ccccc2s1. The Morgan fingerprint density at radius 1 is 1.11 bits per heavy atom. The molecule has 4 rings (SSSR count). The maximum atomic E-state index is 12.9. The zero-order chi connectivity index (χ0) is 18.6. The van der Waals surface area contributed by atoms with Gasteiger partial charge in [0.15, 0.2) is 0 Å². The van der Waals surface area contributed by atoms with E-state index in [1.165, 1.54) is 10.3 Å². The van der Waals surface area contributed by atoms with Crippen molar-refractivity contribution in [1.29, 1.82) is 0 Å². The van der Waals surface area contributed by atoms with Crippen molar-refractivity contribution in [2.75, 3.05) is 6.54 Å². The number of thiazole rings is 1. The third-order valence-electron chi connectivity index (χ3n) is 5.02. The first kappa shape index (κ1) is 18.2. The van der Waals surface area contributed by atoms with Crippen molar-refractivity contribution in [1.82, 2.24) is 10.3 Å². The van der Waals surface area contributed by atoms with Crippen LogP contribution in [0.15, 0.2) is 60.7 Å². The summed E-state index contributed by atoms with van der Waals surface area (Å²) in [4.78, 5) is 17.6. The van der Waals surface area contributed by atoms with Crippen molar-refractivity contribution < 1.29 is 4.79 Å². The van der Waals surface area contributed by atoms with Gasteiger partial charge in [0, 0.05) is 17.5 Å². The molecule has 1 amide bonds. The van der Waals surface area contributed by atoms with E-state index in [0.717, 1.165) is 34.8 Å². The van der Waals surface area contributed by atoms with Crippen LogP contribution in [0.25, 0.3) is 10.2 Å². The second-order valence-electron chi connectivity index (χ2n) is 6.84. The van der Waals surface area contributed by atoms with Gasteiger partial charge >= 0.3 is 0 Å². The summed E-state index contributed by atoms with van der Waals surface area (Å²) in [6.07, 6.45) is 6.74. The van der Waals surface area contributed by atoms with Crippen LogP contribution in [0.4, 0.5) is 0 Å². The molecule has 0 fully saturated rings. The van der Waals surface area contributed by atoms with Crippen molar-refractivity contribution in [3.8, 4) is 0 Å². The van der Waals surface area contributed by atoms with Gasteiger partial charge < -0.3 is 5.32 Å². The van der Waals surface area contributed by atoms with Crippen molar-refractivity contribution in [2.24, 2.45) is 5.92 Å². The first-order chi connectivity index (χ1) is 13.2. The fraction of sp³-hybridized carbons (Fsp3) is 0.273. The molecule has 0 saturated heterocycles. The van der Waals surface area contributed by atoms with E-state index >= 15 is 0 Å². The van der Waals surface area contributed by atoms with Gasteiger partial charge in [-0.2, -0.15) is 0 Å². The molecule has 2 atom stereocenters. The molecule has 0 radical (unpaired) electrons. The summed E-state index contributed by atoms with van der Waals surface area (Å²) in [5.74, 6) is 0.223. The Labute approximate surface area is 168 Å². The van der Waals surface area contributed by atoms with Crippen molar-refractivity contribution in [2.45, 2.75) is 25.2 Å². The molecule has 0 bridgehead atoms. The second-order valence-corrected chi connectivity index (χ2v) is 8.34. The number of amides is 1. The van der Waals surface area contributed by atoms with E-state index in [0.29, 0.717) is 6.54 Å². The van der Waals surface area contributed by atoms with Gasteiger partial charge in [0.1, 0.15) is 0 Å². The number of hydrogen-bond donors (Lipinski definition) is 1. The van der Waals surface area contributed by atoms with Gasteiger partial charge in [-0.1, -0.05) is 48.0 Å². The average Bonchev–Trinajstić information content (AvgIpc) is 3.13. The highest BCUT2D eigenvalue weighted by Gasteiger charge is 2.32. The van der Waals surface area contributed by atoms with E-state index in [-0.39, 0.29) is 17.7 Å². The summed E-state index contributed by atoms with van der Waals surface area (Å²) >= 11 is 7.63. The fourth-order valence-corrected chi connectivity index (χ4v) is 4.81. The van der Waals surface area contributed by atoms with Crippen molar-refractivity contribution in [3.05, 3.63) is 76.3 Å². The van der Waals surface area contributed by atoms with E-state index in [2.05, 4.69) is 23.5 Å². The van der Waals surface area contributed by atoms with E-state index in [4.69, 9.17) is 16.6 Å². The third kappa shape index (κ3) is 4.23. The Morgan fingerprint density at radius 3 is 2.70 bits per heavy atom. The highest BCUT2D eigenvalue weighted by atomic mass is 35.5. The summed E-state index contributed by atoms with van der Waals surface area (Å²) < 4.78 is 1.18. The van der Waals surface area contributed by atoms with Crippen LogP contribution in [0.1, 0.15) is 29.3 Å². The number of nitrogens with one attached hydrogen (secondary N) is 1. The predicted octanol–water partition coefficient (Wildman–Crippen LogP) is 5.36. The number of carbonyl (C=O) groups excluding carboxylic acids is 1. The van der Waals surface area contributed by atoms with Gasteiger partial charge in [0.2, 0.25) is 5.91 Å². The third-order valence-corrected chi connectivity index (χ3v) is 6.44. The minimum absolute atomic E-state index is 0.0548. The molecule has 1 aromatic heterocycles. The first-order valence-corrected chi connectivity index (χ1v) is 10.4. The van der Waals surface area contributed by atoms with Crippen LogP contribution in [0.3, 0.4) is 0 Å². The smallest absolute Gasteiger partial charge is 0.224 e. The van der Waals surface area contributed by atoms with E-state index in [1.54, 1.807) is 11.3 Å². The van der Waals surface area contributed by atoms with Crippen molar-refractivity contribution in [3.63, 3.8) is 0 Å². The molecule has 2 unspecified atom stereocenters. The molecule has 0 spiro atoms. The Kier molecular flexibility index (Phi) is 5.55. The molecule has 1 heterocycles. The van der Waals surface area contributed by atoms with Crippen LogP contribution in [0.2, 0.25) is 5.02 Å². The first-order valence-electron chi connectivity index (χ1n) is 9.23. The number of fused-ring (bicyclic) bond motifs is 1. The maximum absolute atomic E-state index is 12.9. The monoisotopic (exact) mass is 396 g/mol.